The molecule has 35 heavy (non-hydrogen) atoms. The molecular formula is C32H32N2O. The first-order valence-corrected chi connectivity index (χ1v) is 12.3. The number of rotatable bonds is 6. The molecule has 4 aromatic rings. The third kappa shape index (κ3) is 4.59. The highest BCUT2D eigenvalue weighted by Crippen LogP contribution is 2.44. The van der Waals surface area contributed by atoms with Crippen LogP contribution in [0.4, 0.5) is 17.1 Å². The Hall–Kier alpha value is -3.85. The lowest BCUT2D eigenvalue weighted by molar-refractivity contribution is 0.103. The Bertz CT molecular complexity index is 1310. The molecule has 1 atom stereocenters. The molecule has 3 nitrogen and oxygen atoms in total. The molecule has 1 aliphatic heterocycles. The average Bonchev–Trinajstić information content (AvgIpc) is 2.89. The van der Waals surface area contributed by atoms with Crippen LogP contribution in [-0.2, 0) is 12.8 Å². The molecular weight excluding hydrogens is 428 g/mol. The number of benzene rings is 4. The zero-order valence-electron chi connectivity index (χ0n) is 20.7. The van der Waals surface area contributed by atoms with Crippen LogP contribution in [0.2, 0.25) is 0 Å². The number of nitrogens with zero attached hydrogens (tertiary/aromatic N) is 2. The molecule has 4 aromatic carbocycles. The largest absolute Gasteiger partial charge is 0.378 e. The second kappa shape index (κ2) is 9.42. The molecule has 0 N–H and O–H groups in total. The molecule has 3 heteroatoms. The predicted molar refractivity (Wildman–Crippen MR) is 146 cm³/mol. The summed E-state index contributed by atoms with van der Waals surface area (Å²) in [5.74, 6) is 0.0672. The van der Waals surface area contributed by atoms with E-state index < -0.39 is 0 Å². The van der Waals surface area contributed by atoms with Gasteiger partial charge in [0.25, 0.3) is 0 Å². The highest BCUT2D eigenvalue weighted by Gasteiger charge is 2.37. The fraction of sp³-hybridized carbons (Fsp3) is 0.219. The Balaban J connectivity index is 1.46. The van der Waals surface area contributed by atoms with E-state index in [1.54, 1.807) is 0 Å². The van der Waals surface area contributed by atoms with Crippen molar-refractivity contribution in [1.29, 1.82) is 0 Å². The van der Waals surface area contributed by atoms with Crippen molar-refractivity contribution in [2.45, 2.75) is 31.7 Å². The van der Waals surface area contributed by atoms with Gasteiger partial charge in [-0.05, 0) is 67.6 Å². The summed E-state index contributed by atoms with van der Waals surface area (Å²) in [6.07, 6.45) is 3.02. The van der Waals surface area contributed by atoms with E-state index in [0.717, 1.165) is 30.4 Å². The third-order valence-corrected chi connectivity index (χ3v) is 7.17. The Morgan fingerprint density at radius 3 is 2.11 bits per heavy atom. The van der Waals surface area contributed by atoms with Crippen molar-refractivity contribution >= 4 is 22.8 Å². The number of hydrogen-bond acceptors (Lipinski definition) is 3. The minimum absolute atomic E-state index is 0.0672. The monoisotopic (exact) mass is 460 g/mol. The van der Waals surface area contributed by atoms with Crippen molar-refractivity contribution in [3.8, 4) is 0 Å². The summed E-state index contributed by atoms with van der Waals surface area (Å²) in [4.78, 5) is 17.5. The molecule has 176 valence electrons. The molecule has 0 saturated carbocycles. The maximum absolute atomic E-state index is 12.8. The van der Waals surface area contributed by atoms with Crippen LogP contribution >= 0.6 is 0 Å². The topological polar surface area (TPSA) is 23.6 Å². The van der Waals surface area contributed by atoms with Crippen LogP contribution in [0.5, 0.6) is 0 Å². The van der Waals surface area contributed by atoms with Gasteiger partial charge in [0.05, 0.1) is 0 Å². The Morgan fingerprint density at radius 2 is 1.43 bits per heavy atom. The summed E-state index contributed by atoms with van der Waals surface area (Å²) >= 11 is 0. The van der Waals surface area contributed by atoms with Gasteiger partial charge in [-0.3, -0.25) is 4.79 Å². The van der Waals surface area contributed by atoms with E-state index in [0.29, 0.717) is 0 Å². The number of ketones is 1. The van der Waals surface area contributed by atoms with Crippen molar-refractivity contribution in [1.82, 2.24) is 0 Å². The molecule has 0 unspecified atom stereocenters. The fourth-order valence-corrected chi connectivity index (χ4v) is 5.23. The van der Waals surface area contributed by atoms with Crippen LogP contribution in [0.3, 0.4) is 0 Å². The molecule has 0 aliphatic carbocycles. The second-order valence-corrected chi connectivity index (χ2v) is 9.94. The standard InChI is InChI=1S/C32H32N2O/c1-32(23-24-13-15-27(16-14-24)31(35)26-10-5-4-6-11-26)22-21-25-9-7-8-12-30(25)34(32)29-19-17-28(18-20-29)33(2)3/h4-20H,21-23H2,1-3H3/t32-/m1/s1. The van der Waals surface area contributed by atoms with Crippen molar-refractivity contribution < 1.29 is 4.79 Å². The number of carbonyl (C=O) groups is 1. The lowest BCUT2D eigenvalue weighted by Crippen LogP contribution is -2.48. The molecule has 0 radical (unpaired) electrons. The van der Waals surface area contributed by atoms with Gasteiger partial charge in [-0.1, -0.05) is 72.8 Å². The van der Waals surface area contributed by atoms with Gasteiger partial charge in [-0.2, -0.15) is 0 Å². The highest BCUT2D eigenvalue weighted by molar-refractivity contribution is 6.08. The number of anilines is 3. The molecule has 5 rings (SSSR count). The minimum atomic E-state index is -0.0844. The molecule has 0 fully saturated rings. The number of hydrogen-bond donors (Lipinski definition) is 0. The zero-order chi connectivity index (χ0) is 24.4. The normalized spacial score (nSPS) is 17.1. The number of fused-ring (bicyclic) bond motifs is 1. The SMILES string of the molecule is CN(C)c1ccc(N2c3ccccc3CC[C@]2(C)Cc2ccc(C(=O)c3ccccc3)cc2)cc1. The van der Waals surface area contributed by atoms with Gasteiger partial charge >= 0.3 is 0 Å². The van der Waals surface area contributed by atoms with Crippen LogP contribution in [0.15, 0.2) is 103 Å². The van der Waals surface area contributed by atoms with Gasteiger partial charge in [0, 0.05) is 47.8 Å². The van der Waals surface area contributed by atoms with Gasteiger partial charge < -0.3 is 9.80 Å². The van der Waals surface area contributed by atoms with Crippen molar-refractivity contribution in [2.75, 3.05) is 23.9 Å². The van der Waals surface area contributed by atoms with E-state index in [-0.39, 0.29) is 11.3 Å². The van der Waals surface area contributed by atoms with Crippen LogP contribution in [0.1, 0.15) is 40.4 Å². The van der Waals surface area contributed by atoms with Gasteiger partial charge in [0.15, 0.2) is 5.78 Å². The molecule has 0 aromatic heterocycles. The maximum Gasteiger partial charge on any atom is 0.193 e. The molecule has 0 bridgehead atoms. The summed E-state index contributed by atoms with van der Waals surface area (Å²) in [5.41, 5.74) is 7.70. The maximum atomic E-state index is 12.8. The van der Waals surface area contributed by atoms with Crippen LogP contribution in [0, 0.1) is 0 Å². The molecule has 0 spiro atoms. The van der Waals surface area contributed by atoms with Crippen molar-refractivity contribution in [3.05, 3.63) is 125 Å². The van der Waals surface area contributed by atoms with Crippen LogP contribution in [-0.4, -0.2) is 25.4 Å². The summed E-state index contributed by atoms with van der Waals surface area (Å²) in [6.45, 7) is 2.37. The van der Waals surface area contributed by atoms with E-state index in [9.17, 15) is 4.79 Å². The Morgan fingerprint density at radius 1 is 0.800 bits per heavy atom. The minimum Gasteiger partial charge on any atom is -0.378 e. The zero-order valence-corrected chi connectivity index (χ0v) is 20.7. The Labute approximate surface area is 208 Å². The Kier molecular flexibility index (Phi) is 6.17. The third-order valence-electron chi connectivity index (χ3n) is 7.17. The first-order valence-electron chi connectivity index (χ1n) is 12.3. The summed E-state index contributed by atoms with van der Waals surface area (Å²) < 4.78 is 0. The molecule has 0 amide bonds. The fourth-order valence-electron chi connectivity index (χ4n) is 5.23. The van der Waals surface area contributed by atoms with Gasteiger partial charge in [0.1, 0.15) is 0 Å². The number of aryl methyl sites for hydroxylation is 1. The van der Waals surface area contributed by atoms with Crippen molar-refractivity contribution in [2.24, 2.45) is 0 Å². The average molecular weight is 461 g/mol. The van der Waals surface area contributed by atoms with E-state index in [2.05, 4.69) is 91.5 Å². The second-order valence-electron chi connectivity index (χ2n) is 9.94. The molecule has 0 saturated heterocycles. The lowest BCUT2D eigenvalue weighted by atomic mass is 9.80. The quantitative estimate of drug-likeness (QED) is 0.288. The van der Waals surface area contributed by atoms with Gasteiger partial charge in [-0.15, -0.1) is 0 Å². The van der Waals surface area contributed by atoms with Crippen LogP contribution < -0.4 is 9.80 Å². The first-order chi connectivity index (χ1) is 16.9. The van der Waals surface area contributed by atoms with E-state index >= 15 is 0 Å². The molecule has 1 aliphatic rings. The van der Waals surface area contributed by atoms with Gasteiger partial charge in [-0.25, -0.2) is 0 Å². The van der Waals surface area contributed by atoms with Gasteiger partial charge in [0.2, 0.25) is 0 Å². The number of para-hydroxylation sites is 1. The van der Waals surface area contributed by atoms with Crippen molar-refractivity contribution in [3.63, 3.8) is 0 Å². The smallest absolute Gasteiger partial charge is 0.193 e. The van der Waals surface area contributed by atoms with E-state index in [1.165, 1.54) is 28.2 Å². The summed E-state index contributed by atoms with van der Waals surface area (Å²) in [7, 11) is 4.14. The van der Waals surface area contributed by atoms with E-state index in [4.69, 9.17) is 0 Å². The highest BCUT2D eigenvalue weighted by atomic mass is 16.1. The first kappa shape index (κ1) is 22.9. The lowest BCUT2D eigenvalue weighted by Gasteiger charge is -2.47. The number of carbonyl (C=O) groups excluding carboxylic acids is 1. The summed E-state index contributed by atoms with van der Waals surface area (Å²) in [5, 5.41) is 0. The van der Waals surface area contributed by atoms with Crippen LogP contribution in [0.25, 0.3) is 0 Å². The predicted octanol–water partition coefficient (Wildman–Crippen LogP) is 7.07. The molecule has 1 heterocycles. The summed E-state index contributed by atoms with van der Waals surface area (Å²) in [6, 6.07) is 35.3. The van der Waals surface area contributed by atoms with E-state index in [1.807, 2.05) is 42.5 Å².